The summed E-state index contributed by atoms with van der Waals surface area (Å²) in [5.41, 5.74) is 4.29. The molecule has 2 aromatic carbocycles. The average Bonchev–Trinajstić information content (AvgIpc) is 3.38. The van der Waals surface area contributed by atoms with Gasteiger partial charge in [-0.1, -0.05) is 18.2 Å². The summed E-state index contributed by atoms with van der Waals surface area (Å²) in [5.74, 6) is 0.835. The quantitative estimate of drug-likeness (QED) is 0.707. The first-order chi connectivity index (χ1) is 13.2. The van der Waals surface area contributed by atoms with Crippen LogP contribution in [0.2, 0.25) is 0 Å². The Morgan fingerprint density at radius 2 is 2.11 bits per heavy atom. The van der Waals surface area contributed by atoms with E-state index in [9.17, 15) is 4.79 Å². The van der Waals surface area contributed by atoms with Gasteiger partial charge in [-0.3, -0.25) is 4.79 Å². The largest absolute Gasteiger partial charge is 0.493 e. The molecule has 136 valence electrons. The first-order valence-electron chi connectivity index (χ1n) is 9.01. The molecule has 1 N–H and O–H groups in total. The van der Waals surface area contributed by atoms with Crippen molar-refractivity contribution in [3.8, 4) is 11.4 Å². The fourth-order valence-corrected chi connectivity index (χ4v) is 3.17. The van der Waals surface area contributed by atoms with Gasteiger partial charge < -0.3 is 14.6 Å². The predicted molar refractivity (Wildman–Crippen MR) is 105 cm³/mol. The van der Waals surface area contributed by atoms with Crippen LogP contribution in [-0.4, -0.2) is 22.1 Å². The monoisotopic (exact) mass is 359 g/mol. The number of carbonyl (C=O) groups is 1. The molecule has 0 bridgehead atoms. The van der Waals surface area contributed by atoms with Gasteiger partial charge in [0.05, 0.1) is 19.0 Å². The summed E-state index contributed by atoms with van der Waals surface area (Å²) >= 11 is 0. The van der Waals surface area contributed by atoms with Crippen molar-refractivity contribution in [1.82, 2.24) is 14.9 Å². The van der Waals surface area contributed by atoms with Gasteiger partial charge in [0.1, 0.15) is 5.75 Å². The summed E-state index contributed by atoms with van der Waals surface area (Å²) in [5, 5.41) is 3.00. The van der Waals surface area contributed by atoms with E-state index in [1.807, 2.05) is 60.2 Å². The fraction of sp³-hybridized carbons (Fsp3) is 0.182. The summed E-state index contributed by atoms with van der Waals surface area (Å²) in [6, 6.07) is 14.0. The number of nitrogens with one attached hydrogen (secondary N) is 1. The molecule has 0 radical (unpaired) electrons. The molecule has 1 atom stereocenters. The minimum atomic E-state index is -0.113. The molecule has 5 heteroatoms. The lowest BCUT2D eigenvalue weighted by molar-refractivity contribution is -0.117. The lowest BCUT2D eigenvalue weighted by Crippen LogP contribution is -2.24. The van der Waals surface area contributed by atoms with Crippen LogP contribution in [-0.2, 0) is 11.2 Å². The lowest BCUT2D eigenvalue weighted by Gasteiger charge is -2.13. The lowest BCUT2D eigenvalue weighted by atomic mass is 10.1. The highest BCUT2D eigenvalue weighted by atomic mass is 16.5. The van der Waals surface area contributed by atoms with Crippen LogP contribution in [0.25, 0.3) is 11.8 Å². The zero-order chi connectivity index (χ0) is 18.6. The van der Waals surface area contributed by atoms with Crippen molar-refractivity contribution in [2.45, 2.75) is 19.4 Å². The number of nitrogens with zero attached hydrogens (tertiary/aromatic N) is 2. The second-order valence-corrected chi connectivity index (χ2v) is 6.59. The van der Waals surface area contributed by atoms with Crippen molar-refractivity contribution in [1.29, 1.82) is 0 Å². The molecule has 1 aromatic heterocycles. The first kappa shape index (κ1) is 17.1. The molecular weight excluding hydrogens is 338 g/mol. The molecule has 0 saturated carbocycles. The summed E-state index contributed by atoms with van der Waals surface area (Å²) in [4.78, 5) is 16.3. The van der Waals surface area contributed by atoms with Gasteiger partial charge in [-0.25, -0.2) is 4.98 Å². The summed E-state index contributed by atoms with van der Waals surface area (Å²) in [6.45, 7) is 2.71. The number of fused-ring (bicyclic) bond motifs is 1. The van der Waals surface area contributed by atoms with Crippen LogP contribution in [0.4, 0.5) is 0 Å². The Morgan fingerprint density at radius 1 is 1.26 bits per heavy atom. The maximum atomic E-state index is 12.3. The number of benzene rings is 2. The molecule has 0 spiro atoms. The van der Waals surface area contributed by atoms with Gasteiger partial charge in [0.25, 0.3) is 0 Å². The summed E-state index contributed by atoms with van der Waals surface area (Å²) in [6.07, 6.45) is 9.75. The molecule has 5 nitrogen and oxygen atoms in total. The molecular formula is C22H21N3O2. The highest BCUT2D eigenvalue weighted by Crippen LogP contribution is 2.26. The highest BCUT2D eigenvalue weighted by molar-refractivity contribution is 5.92. The van der Waals surface area contributed by atoms with Crippen LogP contribution in [0.3, 0.4) is 0 Å². The van der Waals surface area contributed by atoms with Crippen LogP contribution in [0, 0.1) is 0 Å². The van der Waals surface area contributed by atoms with E-state index in [4.69, 9.17) is 4.74 Å². The number of amides is 1. The third-order valence-electron chi connectivity index (χ3n) is 4.70. The second kappa shape index (κ2) is 7.50. The standard InChI is InChI=1S/C22H21N3O2/c1-16(18-4-6-20(7-5-18)25-12-11-23-15-25)24-22(26)9-3-17-2-8-21-19(14-17)10-13-27-21/h2-9,11-12,14-16H,10,13H2,1H3,(H,24,26). The minimum absolute atomic E-state index is 0.0765. The number of carbonyl (C=O) groups excluding carboxylic acids is 1. The molecule has 1 aliphatic heterocycles. The zero-order valence-electron chi connectivity index (χ0n) is 15.1. The Hall–Kier alpha value is -3.34. The molecule has 4 rings (SSSR count). The molecule has 0 saturated heterocycles. The van der Waals surface area contributed by atoms with Crippen LogP contribution in [0.5, 0.6) is 5.75 Å². The average molecular weight is 359 g/mol. The van der Waals surface area contributed by atoms with Gasteiger partial charge in [0.2, 0.25) is 5.91 Å². The van der Waals surface area contributed by atoms with Gasteiger partial charge in [-0.05, 0) is 54.0 Å². The molecule has 0 aliphatic carbocycles. The van der Waals surface area contributed by atoms with Crippen LogP contribution in [0.15, 0.2) is 67.3 Å². The Balaban J connectivity index is 1.37. The van der Waals surface area contributed by atoms with Gasteiger partial charge in [-0.15, -0.1) is 0 Å². The van der Waals surface area contributed by atoms with E-state index in [1.165, 1.54) is 5.56 Å². The van der Waals surface area contributed by atoms with Gasteiger partial charge >= 0.3 is 0 Å². The Kier molecular flexibility index (Phi) is 4.75. The molecule has 1 amide bonds. The molecule has 3 aromatic rings. The number of ether oxygens (including phenoxy) is 1. The van der Waals surface area contributed by atoms with Crippen molar-refractivity contribution in [2.24, 2.45) is 0 Å². The molecule has 2 heterocycles. The summed E-state index contributed by atoms with van der Waals surface area (Å²) in [7, 11) is 0. The number of hydrogen-bond acceptors (Lipinski definition) is 3. The van der Waals surface area contributed by atoms with E-state index in [0.717, 1.165) is 35.6 Å². The van der Waals surface area contributed by atoms with Gasteiger partial charge in [0.15, 0.2) is 0 Å². The third kappa shape index (κ3) is 3.92. The van der Waals surface area contributed by atoms with Crippen LogP contribution < -0.4 is 10.1 Å². The molecule has 1 aliphatic rings. The smallest absolute Gasteiger partial charge is 0.244 e. The topological polar surface area (TPSA) is 56.1 Å². The Bertz CT molecular complexity index is 960. The number of rotatable bonds is 5. The maximum absolute atomic E-state index is 12.3. The molecule has 0 fully saturated rings. The van der Waals surface area contributed by atoms with E-state index in [1.54, 1.807) is 18.6 Å². The van der Waals surface area contributed by atoms with Crippen LogP contribution in [0.1, 0.15) is 29.7 Å². The van der Waals surface area contributed by atoms with Crippen molar-refractivity contribution < 1.29 is 9.53 Å². The van der Waals surface area contributed by atoms with Crippen molar-refractivity contribution >= 4 is 12.0 Å². The van der Waals surface area contributed by atoms with E-state index in [-0.39, 0.29) is 11.9 Å². The SMILES string of the molecule is CC(NC(=O)C=Cc1ccc2c(c1)CCO2)c1ccc(-n2ccnc2)cc1. The Morgan fingerprint density at radius 3 is 2.89 bits per heavy atom. The van der Waals surface area contributed by atoms with Crippen LogP contribution >= 0.6 is 0 Å². The predicted octanol–water partition coefficient (Wildman–Crippen LogP) is 3.70. The van der Waals surface area contributed by atoms with Crippen molar-refractivity contribution in [3.63, 3.8) is 0 Å². The van der Waals surface area contributed by atoms with Crippen molar-refractivity contribution in [2.75, 3.05) is 6.61 Å². The maximum Gasteiger partial charge on any atom is 0.244 e. The number of imidazole rings is 1. The number of aromatic nitrogens is 2. The number of hydrogen-bond donors (Lipinski definition) is 1. The second-order valence-electron chi connectivity index (χ2n) is 6.59. The van der Waals surface area contributed by atoms with E-state index in [0.29, 0.717) is 0 Å². The Labute approximate surface area is 158 Å². The van der Waals surface area contributed by atoms with Gasteiger partial charge in [-0.2, -0.15) is 0 Å². The van der Waals surface area contributed by atoms with E-state index >= 15 is 0 Å². The highest BCUT2D eigenvalue weighted by Gasteiger charge is 2.11. The molecule has 1 unspecified atom stereocenters. The third-order valence-corrected chi connectivity index (χ3v) is 4.70. The zero-order valence-corrected chi connectivity index (χ0v) is 15.1. The first-order valence-corrected chi connectivity index (χ1v) is 9.01. The fourth-order valence-electron chi connectivity index (χ4n) is 3.17. The van der Waals surface area contributed by atoms with Crippen molar-refractivity contribution in [3.05, 3.63) is 84.0 Å². The minimum Gasteiger partial charge on any atom is -0.493 e. The normalized spacial score (nSPS) is 14.0. The summed E-state index contributed by atoms with van der Waals surface area (Å²) < 4.78 is 7.45. The van der Waals surface area contributed by atoms with E-state index in [2.05, 4.69) is 16.4 Å². The molecule has 27 heavy (non-hydrogen) atoms. The van der Waals surface area contributed by atoms with Gasteiger partial charge in [0, 0.05) is 30.6 Å². The van der Waals surface area contributed by atoms with E-state index < -0.39 is 0 Å².